The highest BCUT2D eigenvalue weighted by molar-refractivity contribution is 6.74. The lowest BCUT2D eigenvalue weighted by Crippen LogP contribution is -2.44. The lowest BCUT2D eigenvalue weighted by molar-refractivity contribution is 0.0559. The highest BCUT2D eigenvalue weighted by Gasteiger charge is 2.41. The average molecular weight is 547 g/mol. The van der Waals surface area contributed by atoms with Crippen molar-refractivity contribution >= 4 is 8.32 Å². The van der Waals surface area contributed by atoms with Gasteiger partial charge in [0.25, 0.3) is 14.4 Å². The van der Waals surface area contributed by atoms with Gasteiger partial charge in [-0.15, -0.1) is 0 Å². The molecule has 0 bridgehead atoms. The van der Waals surface area contributed by atoms with Crippen LogP contribution in [0.25, 0.3) is 0 Å². The zero-order valence-corrected chi connectivity index (χ0v) is 27.0. The molecule has 1 aliphatic rings. The number of halogens is 2. The van der Waals surface area contributed by atoms with Gasteiger partial charge in [0, 0.05) is 5.56 Å². The van der Waals surface area contributed by atoms with E-state index in [9.17, 15) is 8.78 Å². The Labute approximate surface area is 232 Å². The number of hydrogen-bond acceptors (Lipinski definition) is 2. The maximum Gasteiger partial charge on any atom is 0.266 e. The van der Waals surface area contributed by atoms with Crippen molar-refractivity contribution in [3.8, 4) is 11.5 Å². The molecule has 1 heterocycles. The second kappa shape index (κ2) is 13.0. The molecule has 0 radical (unpaired) electrons. The Kier molecular flexibility index (Phi) is 11.0. The molecule has 1 atom stereocenters. The summed E-state index contributed by atoms with van der Waals surface area (Å²) in [6.07, 6.45) is 11.0. The quantitative estimate of drug-likeness (QED) is 0.203. The highest BCUT2D eigenvalue weighted by Crippen LogP contribution is 2.47. The van der Waals surface area contributed by atoms with Gasteiger partial charge in [-0.05, 0) is 134 Å². The van der Waals surface area contributed by atoms with Gasteiger partial charge in [0.05, 0.1) is 0 Å². The van der Waals surface area contributed by atoms with Crippen molar-refractivity contribution in [3.63, 3.8) is 0 Å². The summed E-state index contributed by atoms with van der Waals surface area (Å²) in [4.78, 5) is 0. The van der Waals surface area contributed by atoms with Crippen molar-refractivity contribution < 1.29 is 17.9 Å². The number of ether oxygens (including phenoxy) is 1. The van der Waals surface area contributed by atoms with Crippen molar-refractivity contribution in [2.45, 2.75) is 137 Å². The second-order valence-corrected chi connectivity index (χ2v) is 17.9. The van der Waals surface area contributed by atoms with Gasteiger partial charge in [-0.3, -0.25) is 0 Å². The predicted octanol–water partition coefficient (Wildman–Crippen LogP) is 11.1. The predicted molar refractivity (Wildman–Crippen MR) is 161 cm³/mol. The Morgan fingerprint density at radius 2 is 1.47 bits per heavy atom. The molecule has 0 spiro atoms. The highest BCUT2D eigenvalue weighted by atomic mass is 28.4. The topological polar surface area (TPSA) is 18.5 Å². The zero-order valence-electron chi connectivity index (χ0n) is 26.0. The zero-order chi connectivity index (χ0) is 28.9. The minimum absolute atomic E-state index is 0.153. The lowest BCUT2D eigenvalue weighted by Gasteiger charge is -2.41. The van der Waals surface area contributed by atoms with Gasteiger partial charge >= 0.3 is 0 Å². The Balaban J connectivity index is 2.04. The first-order valence-electron chi connectivity index (χ1n) is 14.3. The minimum atomic E-state index is -1.94. The van der Waals surface area contributed by atoms with Gasteiger partial charge in [-0.1, -0.05) is 44.1 Å². The molecule has 0 fully saturated rings. The van der Waals surface area contributed by atoms with Crippen molar-refractivity contribution in [1.82, 2.24) is 0 Å². The molecule has 2 rings (SSSR count). The van der Waals surface area contributed by atoms with Crippen molar-refractivity contribution in [2.75, 3.05) is 0 Å². The maximum atomic E-state index is 12.2. The third-order valence-corrected chi connectivity index (χ3v) is 13.1. The van der Waals surface area contributed by atoms with Crippen LogP contribution in [0.15, 0.2) is 35.5 Å². The summed E-state index contributed by atoms with van der Waals surface area (Å²) in [7, 11) is -1.94. The fraction of sp³-hybridized carbons (Fsp3) is 0.636. The largest absolute Gasteiger partial charge is 0.543 e. The minimum Gasteiger partial charge on any atom is -0.543 e. The van der Waals surface area contributed by atoms with Crippen LogP contribution in [0.1, 0.15) is 109 Å². The first-order valence-corrected chi connectivity index (χ1v) is 17.2. The monoisotopic (exact) mass is 546 g/mol. The summed E-state index contributed by atoms with van der Waals surface area (Å²) in [6.45, 7) is 24.5. The maximum absolute atomic E-state index is 12.2. The molecule has 214 valence electrons. The number of hydrogen-bond donors (Lipinski definition) is 0. The Bertz CT molecular complexity index is 1070. The van der Waals surface area contributed by atoms with E-state index in [1.807, 2.05) is 6.92 Å². The van der Waals surface area contributed by atoms with Crippen LogP contribution in [0.5, 0.6) is 11.5 Å². The summed E-state index contributed by atoms with van der Waals surface area (Å²) in [6, 6.07) is 0. The van der Waals surface area contributed by atoms with E-state index in [1.54, 1.807) is 0 Å². The molecule has 0 saturated heterocycles. The van der Waals surface area contributed by atoms with E-state index in [0.29, 0.717) is 12.8 Å². The lowest BCUT2D eigenvalue weighted by atomic mass is 9.85. The van der Waals surface area contributed by atoms with Gasteiger partial charge < -0.3 is 9.16 Å². The Morgan fingerprint density at radius 3 is 2.03 bits per heavy atom. The number of rotatable bonds is 11. The number of fused-ring (bicyclic) bond motifs is 1. The van der Waals surface area contributed by atoms with Gasteiger partial charge in [0.2, 0.25) is 0 Å². The molecule has 1 aromatic carbocycles. The fourth-order valence-corrected chi connectivity index (χ4v) is 5.92. The molecule has 0 saturated carbocycles. The molecule has 38 heavy (non-hydrogen) atoms. The van der Waals surface area contributed by atoms with E-state index in [4.69, 9.17) is 9.16 Å². The SMILES string of the molecule is C/C(=C\CC/C(C)=C/CC[C@@]1(C)CCc2c(C)c(O[Si](C)(C)C(C)(C)C)c(C)c(C)c2O1)CCC=C(F)F. The fourth-order valence-electron chi connectivity index (χ4n) is 4.80. The Morgan fingerprint density at radius 1 is 0.921 bits per heavy atom. The van der Waals surface area contributed by atoms with E-state index < -0.39 is 14.4 Å². The smallest absolute Gasteiger partial charge is 0.266 e. The Hall–Kier alpha value is -1.88. The summed E-state index contributed by atoms with van der Waals surface area (Å²) in [5.41, 5.74) is 7.36. The second-order valence-electron chi connectivity index (χ2n) is 13.1. The van der Waals surface area contributed by atoms with Crippen LogP contribution in [-0.2, 0) is 6.42 Å². The van der Waals surface area contributed by atoms with Crippen LogP contribution < -0.4 is 9.16 Å². The van der Waals surface area contributed by atoms with Crippen LogP contribution in [0, 0.1) is 20.8 Å². The van der Waals surface area contributed by atoms with Crippen molar-refractivity contribution in [1.29, 1.82) is 0 Å². The third-order valence-electron chi connectivity index (χ3n) is 8.76. The van der Waals surface area contributed by atoms with Crippen LogP contribution in [-0.4, -0.2) is 13.9 Å². The summed E-state index contributed by atoms with van der Waals surface area (Å²) in [5, 5.41) is 0.153. The molecule has 1 aliphatic heterocycles. The van der Waals surface area contributed by atoms with Crippen LogP contribution in [0.2, 0.25) is 18.1 Å². The van der Waals surface area contributed by atoms with Gasteiger partial charge in [0.15, 0.2) is 0 Å². The summed E-state index contributed by atoms with van der Waals surface area (Å²) >= 11 is 0. The summed E-state index contributed by atoms with van der Waals surface area (Å²) < 4.78 is 38.0. The van der Waals surface area contributed by atoms with Crippen molar-refractivity contribution in [3.05, 3.63) is 57.7 Å². The molecule has 5 heteroatoms. The molecular formula is C33H52F2O2Si. The van der Waals surface area contributed by atoms with Crippen LogP contribution in [0.3, 0.4) is 0 Å². The first kappa shape index (κ1) is 32.3. The van der Waals surface area contributed by atoms with Crippen LogP contribution >= 0.6 is 0 Å². The standard InChI is InChI=1S/C33H52F2O2Si/c1-23(17-13-19-29(34)35)15-12-16-24(2)18-14-21-33(9)22-20-28-27(5)30(25(3)26(4)31(28)36-33)37-38(10,11)32(6,7)8/h15,18-19H,12-14,16-17,20-22H2,1-11H3/b23-15+,24-18+/t33-/m0/s1. The molecule has 0 aliphatic carbocycles. The normalized spacial score (nSPS) is 18.7. The molecule has 0 aromatic heterocycles. The first-order chi connectivity index (χ1) is 17.5. The van der Waals surface area contributed by atoms with Crippen molar-refractivity contribution in [2.24, 2.45) is 0 Å². The van der Waals surface area contributed by atoms with E-state index in [-0.39, 0.29) is 10.6 Å². The van der Waals surface area contributed by atoms with E-state index in [1.165, 1.54) is 33.4 Å². The third kappa shape index (κ3) is 8.56. The molecule has 1 aromatic rings. The summed E-state index contributed by atoms with van der Waals surface area (Å²) in [5.74, 6) is 2.15. The van der Waals surface area contributed by atoms with Gasteiger partial charge in [-0.2, -0.15) is 8.78 Å². The van der Waals surface area contributed by atoms with E-state index in [2.05, 4.69) is 80.6 Å². The molecule has 0 unspecified atom stereocenters. The van der Waals surface area contributed by atoms with Crippen LogP contribution in [0.4, 0.5) is 8.78 Å². The molecule has 2 nitrogen and oxygen atoms in total. The van der Waals surface area contributed by atoms with Gasteiger partial charge in [0.1, 0.15) is 17.1 Å². The molecular weight excluding hydrogens is 494 g/mol. The number of allylic oxidation sites excluding steroid dienone is 5. The van der Waals surface area contributed by atoms with E-state index >= 15 is 0 Å². The average Bonchev–Trinajstić information content (AvgIpc) is 2.79. The number of benzene rings is 1. The molecule has 0 N–H and O–H groups in total. The van der Waals surface area contributed by atoms with E-state index in [0.717, 1.165) is 56.1 Å². The van der Waals surface area contributed by atoms with Gasteiger partial charge in [-0.25, -0.2) is 0 Å². The molecule has 0 amide bonds.